The number of nitrogens with zero attached hydrogens (tertiary/aromatic N) is 2. The predicted octanol–water partition coefficient (Wildman–Crippen LogP) is 3.42. The Morgan fingerprint density at radius 3 is 2.90 bits per heavy atom. The van der Waals surface area contributed by atoms with E-state index in [1.807, 2.05) is 6.07 Å². The number of imidazole rings is 1. The molecule has 0 atom stereocenters. The zero-order valence-electron chi connectivity index (χ0n) is 11.7. The van der Waals surface area contributed by atoms with Crippen LogP contribution in [0.2, 0.25) is 0 Å². The largest absolute Gasteiger partial charge is 0.497 e. The molecule has 0 bridgehead atoms. The third-order valence-electron chi connectivity index (χ3n) is 4.08. The Hall–Kier alpha value is -2.29. The van der Waals surface area contributed by atoms with Gasteiger partial charge in [0.05, 0.1) is 18.5 Å². The van der Waals surface area contributed by atoms with Gasteiger partial charge < -0.3 is 9.14 Å². The molecule has 0 spiro atoms. The van der Waals surface area contributed by atoms with Crippen LogP contribution in [0.15, 0.2) is 36.5 Å². The number of fused-ring (bicyclic) bond motifs is 5. The number of hydrogen-bond acceptors (Lipinski definition) is 2. The second-order valence-corrected chi connectivity index (χ2v) is 5.36. The van der Waals surface area contributed by atoms with Crippen molar-refractivity contribution in [3.8, 4) is 17.0 Å². The molecule has 0 fully saturated rings. The van der Waals surface area contributed by atoms with Gasteiger partial charge in [0, 0.05) is 11.8 Å². The average molecular weight is 264 g/mol. The molecular formula is C17H16N2O. The van der Waals surface area contributed by atoms with Crippen LogP contribution < -0.4 is 4.74 Å². The van der Waals surface area contributed by atoms with Crippen LogP contribution in [0, 0.1) is 6.92 Å². The Balaban J connectivity index is 2.01. The Labute approximate surface area is 117 Å². The van der Waals surface area contributed by atoms with Crippen LogP contribution in [0.4, 0.5) is 0 Å². The van der Waals surface area contributed by atoms with Crippen LogP contribution in [-0.4, -0.2) is 16.5 Å². The highest BCUT2D eigenvalue weighted by Gasteiger charge is 2.21. The lowest BCUT2D eigenvalue weighted by Gasteiger charge is -2.16. The summed E-state index contributed by atoms with van der Waals surface area (Å²) in [6.45, 7) is 2.10. The van der Waals surface area contributed by atoms with E-state index in [9.17, 15) is 0 Å². The molecule has 0 amide bonds. The molecule has 3 nitrogen and oxygen atoms in total. The van der Waals surface area contributed by atoms with Crippen LogP contribution in [0.25, 0.3) is 16.9 Å². The number of pyridine rings is 1. The minimum atomic E-state index is 0.893. The number of methoxy groups -OCH3 is 1. The van der Waals surface area contributed by atoms with Gasteiger partial charge in [-0.2, -0.15) is 0 Å². The molecular weight excluding hydrogens is 248 g/mol. The maximum atomic E-state index is 5.35. The molecule has 4 rings (SSSR count). The van der Waals surface area contributed by atoms with E-state index in [1.54, 1.807) is 7.11 Å². The number of benzene rings is 1. The molecule has 100 valence electrons. The van der Waals surface area contributed by atoms with Gasteiger partial charge in [0.2, 0.25) is 0 Å². The minimum Gasteiger partial charge on any atom is -0.497 e. The average Bonchev–Trinajstić information content (AvgIpc) is 2.84. The summed E-state index contributed by atoms with van der Waals surface area (Å²) in [6.07, 6.45) is 4.23. The number of ether oxygens (including phenoxy) is 1. The highest BCUT2D eigenvalue weighted by molar-refractivity contribution is 5.73. The molecule has 2 aromatic heterocycles. The third-order valence-corrected chi connectivity index (χ3v) is 4.08. The van der Waals surface area contributed by atoms with Gasteiger partial charge in [-0.05, 0) is 55.2 Å². The van der Waals surface area contributed by atoms with E-state index in [0.29, 0.717) is 0 Å². The second kappa shape index (κ2) is 4.10. The minimum absolute atomic E-state index is 0.893. The van der Waals surface area contributed by atoms with E-state index in [1.165, 1.54) is 22.4 Å². The van der Waals surface area contributed by atoms with E-state index >= 15 is 0 Å². The molecule has 0 saturated heterocycles. The number of rotatable bonds is 1. The van der Waals surface area contributed by atoms with Crippen LogP contribution in [0.5, 0.6) is 5.75 Å². The molecule has 0 aliphatic heterocycles. The van der Waals surface area contributed by atoms with Crippen molar-refractivity contribution in [1.29, 1.82) is 0 Å². The fourth-order valence-electron chi connectivity index (χ4n) is 3.03. The molecule has 2 heterocycles. The monoisotopic (exact) mass is 264 g/mol. The third kappa shape index (κ3) is 1.56. The molecule has 3 aromatic rings. The second-order valence-electron chi connectivity index (χ2n) is 5.36. The first-order chi connectivity index (χ1) is 9.76. The summed E-state index contributed by atoms with van der Waals surface area (Å²) in [5.74, 6) is 0.893. The lowest BCUT2D eigenvalue weighted by atomic mass is 9.92. The van der Waals surface area contributed by atoms with Gasteiger partial charge in [-0.15, -0.1) is 0 Å². The molecule has 0 saturated carbocycles. The van der Waals surface area contributed by atoms with Crippen molar-refractivity contribution in [2.45, 2.75) is 19.8 Å². The zero-order chi connectivity index (χ0) is 13.7. The first kappa shape index (κ1) is 11.5. The summed E-state index contributed by atoms with van der Waals surface area (Å²) >= 11 is 0. The maximum Gasteiger partial charge on any atom is 0.137 e. The summed E-state index contributed by atoms with van der Waals surface area (Å²) < 4.78 is 7.57. The van der Waals surface area contributed by atoms with Gasteiger partial charge >= 0.3 is 0 Å². The van der Waals surface area contributed by atoms with Crippen molar-refractivity contribution in [3.05, 3.63) is 53.3 Å². The van der Waals surface area contributed by atoms with Crippen molar-refractivity contribution >= 4 is 5.65 Å². The van der Waals surface area contributed by atoms with Gasteiger partial charge in [-0.25, -0.2) is 4.98 Å². The molecule has 20 heavy (non-hydrogen) atoms. The smallest absolute Gasteiger partial charge is 0.137 e. The van der Waals surface area contributed by atoms with Crippen molar-refractivity contribution in [2.24, 2.45) is 0 Å². The Bertz CT molecular complexity index is 817. The Morgan fingerprint density at radius 2 is 2.05 bits per heavy atom. The van der Waals surface area contributed by atoms with Crippen molar-refractivity contribution in [1.82, 2.24) is 9.38 Å². The van der Waals surface area contributed by atoms with Crippen molar-refractivity contribution in [2.75, 3.05) is 7.11 Å². The normalized spacial score (nSPS) is 13.1. The SMILES string of the molecule is COc1ccc2c(c1)-c1nc3cc(C)ccn3c1CC2. The molecule has 1 aliphatic rings. The molecule has 3 heteroatoms. The quantitative estimate of drug-likeness (QED) is 0.673. The Morgan fingerprint density at radius 1 is 1.15 bits per heavy atom. The Kier molecular flexibility index (Phi) is 2.36. The first-order valence-electron chi connectivity index (χ1n) is 6.91. The van der Waals surface area contributed by atoms with E-state index < -0.39 is 0 Å². The summed E-state index contributed by atoms with van der Waals surface area (Å²) in [5, 5.41) is 0. The fraction of sp³-hybridized carbons (Fsp3) is 0.235. The van der Waals surface area contributed by atoms with Crippen LogP contribution in [0.3, 0.4) is 0 Å². The van der Waals surface area contributed by atoms with Crippen molar-refractivity contribution < 1.29 is 4.74 Å². The van der Waals surface area contributed by atoms with Gasteiger partial charge in [-0.1, -0.05) is 6.07 Å². The maximum absolute atomic E-state index is 5.35. The lowest BCUT2D eigenvalue weighted by molar-refractivity contribution is 0.415. The predicted molar refractivity (Wildman–Crippen MR) is 79.3 cm³/mol. The highest BCUT2D eigenvalue weighted by atomic mass is 16.5. The summed E-state index contributed by atoms with van der Waals surface area (Å²) in [7, 11) is 1.71. The van der Waals surface area contributed by atoms with E-state index in [0.717, 1.165) is 29.9 Å². The van der Waals surface area contributed by atoms with E-state index in [2.05, 4.69) is 41.8 Å². The van der Waals surface area contributed by atoms with Crippen LogP contribution in [0.1, 0.15) is 16.8 Å². The summed E-state index contributed by atoms with van der Waals surface area (Å²) in [6, 6.07) is 10.6. The number of aromatic nitrogens is 2. The van der Waals surface area contributed by atoms with Gasteiger partial charge in [0.15, 0.2) is 0 Å². The molecule has 0 unspecified atom stereocenters. The highest BCUT2D eigenvalue weighted by Crippen LogP contribution is 2.35. The van der Waals surface area contributed by atoms with Gasteiger partial charge in [-0.3, -0.25) is 0 Å². The van der Waals surface area contributed by atoms with Crippen molar-refractivity contribution in [3.63, 3.8) is 0 Å². The zero-order valence-corrected chi connectivity index (χ0v) is 11.7. The fourth-order valence-corrected chi connectivity index (χ4v) is 3.03. The standard InChI is InChI=1S/C17H16N2O/c1-11-7-8-19-15-6-4-12-3-5-13(20-2)10-14(12)17(15)18-16(19)9-11/h3,5,7-10H,4,6H2,1-2H3. The summed E-state index contributed by atoms with van der Waals surface area (Å²) in [4.78, 5) is 4.84. The lowest BCUT2D eigenvalue weighted by Crippen LogP contribution is -2.05. The van der Waals surface area contributed by atoms with Crippen LogP contribution in [-0.2, 0) is 12.8 Å². The van der Waals surface area contributed by atoms with E-state index in [-0.39, 0.29) is 0 Å². The van der Waals surface area contributed by atoms with Gasteiger partial charge in [0.1, 0.15) is 11.4 Å². The summed E-state index contributed by atoms with van der Waals surface area (Å²) in [5.41, 5.74) is 7.26. The molecule has 1 aliphatic carbocycles. The number of hydrogen-bond donors (Lipinski definition) is 0. The molecule has 0 radical (unpaired) electrons. The first-order valence-corrected chi connectivity index (χ1v) is 6.91. The number of aryl methyl sites for hydroxylation is 3. The topological polar surface area (TPSA) is 26.5 Å². The van der Waals surface area contributed by atoms with Gasteiger partial charge in [0.25, 0.3) is 0 Å². The van der Waals surface area contributed by atoms with E-state index in [4.69, 9.17) is 9.72 Å². The van der Waals surface area contributed by atoms with Crippen LogP contribution >= 0.6 is 0 Å². The molecule has 0 N–H and O–H groups in total. The molecule has 1 aromatic carbocycles.